The van der Waals surface area contributed by atoms with Crippen molar-refractivity contribution in [1.82, 2.24) is 5.32 Å². The molecule has 2 aromatic rings. The molecule has 0 aromatic heterocycles. The number of phenolic OH excluding ortho intramolecular Hbond substituents is 1. The fourth-order valence-electron chi connectivity index (χ4n) is 3.35. The van der Waals surface area contributed by atoms with Gasteiger partial charge in [-0.1, -0.05) is 54.9 Å². The van der Waals surface area contributed by atoms with E-state index in [9.17, 15) is 14.7 Å². The van der Waals surface area contributed by atoms with Crippen molar-refractivity contribution in [2.45, 2.75) is 32.2 Å². The van der Waals surface area contributed by atoms with Crippen LogP contribution in [-0.4, -0.2) is 22.6 Å². The van der Waals surface area contributed by atoms with Gasteiger partial charge < -0.3 is 10.4 Å². The van der Waals surface area contributed by atoms with Crippen molar-refractivity contribution in [3.05, 3.63) is 64.7 Å². The first-order valence-corrected chi connectivity index (χ1v) is 9.30. The molecule has 1 heterocycles. The van der Waals surface area contributed by atoms with Crippen LogP contribution >= 0.6 is 11.6 Å². The molecule has 2 aromatic carbocycles. The molecule has 2 N–H and O–H groups in total. The quantitative estimate of drug-likeness (QED) is 0.770. The van der Waals surface area contributed by atoms with E-state index in [0.29, 0.717) is 30.5 Å². The monoisotopic (exact) mass is 384 g/mol. The molecule has 0 fully saturated rings. The van der Waals surface area contributed by atoms with Crippen LogP contribution in [0.3, 0.4) is 0 Å². The van der Waals surface area contributed by atoms with Gasteiger partial charge in [0.25, 0.3) is 0 Å². The van der Waals surface area contributed by atoms with Gasteiger partial charge in [0.2, 0.25) is 0 Å². The third-order valence-electron chi connectivity index (χ3n) is 4.76. The van der Waals surface area contributed by atoms with E-state index in [2.05, 4.69) is 10.3 Å². The minimum Gasteiger partial charge on any atom is -0.506 e. The molecular formula is C21H21ClN2O3. The second kappa shape index (κ2) is 8.35. The number of phenols is 1. The second-order valence-corrected chi connectivity index (χ2v) is 6.93. The summed E-state index contributed by atoms with van der Waals surface area (Å²) in [6.07, 6.45) is 1.56. The number of ketones is 1. The number of nitrogens with one attached hydrogen (secondary N) is 1. The van der Waals surface area contributed by atoms with Crippen LogP contribution in [0.25, 0.3) is 0 Å². The number of Topliss-reactive ketones (excluding diaryl/α,β-unsaturated/α-hetero) is 1. The maximum atomic E-state index is 12.7. The fourth-order valence-corrected chi connectivity index (χ4v) is 3.54. The van der Waals surface area contributed by atoms with Crippen LogP contribution in [0.2, 0.25) is 5.02 Å². The number of benzene rings is 2. The van der Waals surface area contributed by atoms with Crippen molar-refractivity contribution >= 4 is 29.1 Å². The number of carbonyl (C=O) groups excluding carboxylic acids is 2. The van der Waals surface area contributed by atoms with E-state index in [-0.39, 0.29) is 16.6 Å². The average molecular weight is 385 g/mol. The molecule has 27 heavy (non-hydrogen) atoms. The predicted molar refractivity (Wildman–Crippen MR) is 105 cm³/mol. The van der Waals surface area contributed by atoms with E-state index < -0.39 is 18.0 Å². The van der Waals surface area contributed by atoms with Gasteiger partial charge in [0.1, 0.15) is 11.5 Å². The maximum absolute atomic E-state index is 12.7. The highest BCUT2D eigenvalue weighted by Crippen LogP contribution is 2.33. The first kappa shape index (κ1) is 19.1. The number of halogens is 1. The SMILES string of the molecule is CCC(=O)C1C(CCc2ccccc2)=NC(=O)NC1c1ccc(O)c(Cl)c1. The largest absolute Gasteiger partial charge is 0.506 e. The van der Waals surface area contributed by atoms with Crippen molar-refractivity contribution < 1.29 is 14.7 Å². The summed E-state index contributed by atoms with van der Waals surface area (Å²) in [6.45, 7) is 1.80. The highest BCUT2D eigenvalue weighted by Gasteiger charge is 2.37. The van der Waals surface area contributed by atoms with Gasteiger partial charge in [0.15, 0.2) is 0 Å². The van der Waals surface area contributed by atoms with Crippen LogP contribution in [0.4, 0.5) is 4.79 Å². The summed E-state index contributed by atoms with van der Waals surface area (Å²) in [7, 11) is 0. The number of carbonyl (C=O) groups is 2. The Balaban J connectivity index is 1.92. The van der Waals surface area contributed by atoms with Crippen LogP contribution in [0, 0.1) is 5.92 Å². The van der Waals surface area contributed by atoms with E-state index >= 15 is 0 Å². The lowest BCUT2D eigenvalue weighted by atomic mass is 9.81. The zero-order valence-corrected chi connectivity index (χ0v) is 15.7. The molecule has 3 rings (SSSR count). The Bertz CT molecular complexity index is 880. The van der Waals surface area contributed by atoms with Crippen LogP contribution in [0.15, 0.2) is 53.5 Å². The molecule has 0 saturated heterocycles. The predicted octanol–water partition coefficient (Wildman–Crippen LogP) is 4.48. The van der Waals surface area contributed by atoms with Gasteiger partial charge in [-0.05, 0) is 36.1 Å². The van der Waals surface area contributed by atoms with Crippen molar-refractivity contribution in [3.8, 4) is 5.75 Å². The molecule has 5 nitrogen and oxygen atoms in total. The number of nitrogens with zero attached hydrogens (tertiary/aromatic N) is 1. The van der Waals surface area contributed by atoms with Crippen molar-refractivity contribution in [2.24, 2.45) is 10.9 Å². The Morgan fingerprint density at radius 3 is 2.59 bits per heavy atom. The lowest BCUT2D eigenvalue weighted by molar-refractivity contribution is -0.121. The molecule has 0 bridgehead atoms. The van der Waals surface area contributed by atoms with Crippen LogP contribution in [0.5, 0.6) is 5.75 Å². The average Bonchev–Trinajstić information content (AvgIpc) is 2.68. The van der Waals surface area contributed by atoms with Crippen LogP contribution in [-0.2, 0) is 11.2 Å². The van der Waals surface area contributed by atoms with Gasteiger partial charge in [0.05, 0.1) is 17.0 Å². The number of aromatic hydroxyl groups is 1. The molecule has 1 aliphatic rings. The highest BCUT2D eigenvalue weighted by molar-refractivity contribution is 6.32. The minimum absolute atomic E-state index is 0.0102. The highest BCUT2D eigenvalue weighted by atomic mass is 35.5. The summed E-state index contributed by atoms with van der Waals surface area (Å²) in [5.74, 6) is -0.577. The van der Waals surface area contributed by atoms with E-state index in [4.69, 9.17) is 11.6 Å². The van der Waals surface area contributed by atoms with Gasteiger partial charge >= 0.3 is 6.03 Å². The second-order valence-electron chi connectivity index (χ2n) is 6.52. The van der Waals surface area contributed by atoms with Gasteiger partial charge in [-0.25, -0.2) is 9.79 Å². The van der Waals surface area contributed by atoms with E-state index in [1.54, 1.807) is 19.1 Å². The first-order valence-electron chi connectivity index (χ1n) is 8.92. The number of aliphatic imine (C=N–C) groups is 1. The summed E-state index contributed by atoms with van der Waals surface area (Å²) >= 11 is 6.03. The molecule has 0 aliphatic carbocycles. The number of aryl methyl sites for hydroxylation is 1. The van der Waals surface area contributed by atoms with Crippen molar-refractivity contribution in [1.29, 1.82) is 0 Å². The summed E-state index contributed by atoms with van der Waals surface area (Å²) < 4.78 is 0. The number of amides is 2. The van der Waals surface area contributed by atoms with Gasteiger partial charge in [0, 0.05) is 12.1 Å². The Morgan fingerprint density at radius 1 is 1.19 bits per heavy atom. The third kappa shape index (κ3) is 4.37. The Kier molecular flexibility index (Phi) is 5.91. The molecule has 6 heteroatoms. The van der Waals surface area contributed by atoms with Crippen LogP contribution in [0.1, 0.15) is 36.9 Å². The molecule has 140 valence electrons. The topological polar surface area (TPSA) is 78.8 Å². The lowest BCUT2D eigenvalue weighted by Gasteiger charge is -2.31. The number of urea groups is 1. The summed E-state index contributed by atoms with van der Waals surface area (Å²) in [4.78, 5) is 29.0. The Morgan fingerprint density at radius 2 is 1.93 bits per heavy atom. The zero-order chi connectivity index (χ0) is 19.4. The molecule has 0 spiro atoms. The molecule has 0 radical (unpaired) electrons. The van der Waals surface area contributed by atoms with Crippen molar-refractivity contribution in [3.63, 3.8) is 0 Å². The van der Waals surface area contributed by atoms with Gasteiger partial charge in [-0.3, -0.25) is 4.79 Å². The third-order valence-corrected chi connectivity index (χ3v) is 5.06. The number of hydrogen-bond donors (Lipinski definition) is 2. The molecule has 1 aliphatic heterocycles. The summed E-state index contributed by atoms with van der Waals surface area (Å²) in [5.41, 5.74) is 2.38. The lowest BCUT2D eigenvalue weighted by Crippen LogP contribution is -2.44. The number of hydrogen-bond acceptors (Lipinski definition) is 3. The van der Waals surface area contributed by atoms with Gasteiger partial charge in [-0.2, -0.15) is 0 Å². The Labute approximate surface area is 163 Å². The fraction of sp³-hybridized carbons (Fsp3) is 0.286. The van der Waals surface area contributed by atoms with E-state index in [1.165, 1.54) is 6.07 Å². The molecule has 2 amide bonds. The minimum atomic E-state index is -0.550. The van der Waals surface area contributed by atoms with Gasteiger partial charge in [-0.15, -0.1) is 0 Å². The van der Waals surface area contributed by atoms with Crippen LogP contribution < -0.4 is 5.32 Å². The van der Waals surface area contributed by atoms with E-state index in [1.807, 2.05) is 30.3 Å². The normalized spacial score (nSPS) is 19.3. The molecule has 0 saturated carbocycles. The Hall–Kier alpha value is -2.66. The van der Waals surface area contributed by atoms with Crippen molar-refractivity contribution in [2.75, 3.05) is 0 Å². The molecule has 2 atom stereocenters. The zero-order valence-electron chi connectivity index (χ0n) is 15.0. The standard InChI is InChI=1S/C21H21ClN2O3/c1-2-17(25)19-16(10-8-13-6-4-3-5-7-13)23-21(27)24-20(19)14-9-11-18(26)15(22)12-14/h3-7,9,11-12,19-20,26H,2,8,10H2,1H3,(H,24,27). The smallest absolute Gasteiger partial charge is 0.341 e. The molecule has 2 unspecified atom stereocenters. The molecular weight excluding hydrogens is 364 g/mol. The number of rotatable bonds is 6. The van der Waals surface area contributed by atoms with E-state index in [0.717, 1.165) is 5.56 Å². The first-order chi connectivity index (χ1) is 13.0. The summed E-state index contributed by atoms with van der Waals surface area (Å²) in [5, 5.41) is 12.6. The summed E-state index contributed by atoms with van der Waals surface area (Å²) in [6, 6.07) is 13.6. The maximum Gasteiger partial charge on any atom is 0.341 e.